The maximum absolute atomic E-state index is 4.26. The molecule has 0 radical (unpaired) electrons. The van der Waals surface area contributed by atoms with Crippen LogP contribution in [-0.4, -0.2) is 54.8 Å². The Bertz CT molecular complexity index is 223. The average molecular weight is 301 g/mol. The van der Waals surface area contributed by atoms with Gasteiger partial charge in [0.05, 0.1) is 0 Å². The largest absolute Gasteiger partial charge is 0.305 e. The van der Waals surface area contributed by atoms with Gasteiger partial charge in [0.1, 0.15) is 0 Å². The molecule has 1 aliphatic heterocycles. The minimum Gasteiger partial charge on any atom is -0.305 e. The Kier molecular flexibility index (Phi) is 10.9. The standard InChI is InChI=1S/C17H36N2S/c1-3-17-16-18(2)12-11-14-19(17)13-9-7-5-4-6-8-10-15-20/h17,20H,3-16H2,1-2H3. The Balaban J connectivity index is 2.07. The van der Waals surface area contributed by atoms with Crippen LogP contribution in [0.5, 0.6) is 0 Å². The third-order valence-electron chi connectivity index (χ3n) is 4.60. The second kappa shape index (κ2) is 11.9. The summed E-state index contributed by atoms with van der Waals surface area (Å²) in [7, 11) is 2.27. The molecule has 120 valence electrons. The van der Waals surface area contributed by atoms with Gasteiger partial charge in [-0.1, -0.05) is 39.0 Å². The minimum atomic E-state index is 0.790. The number of rotatable bonds is 10. The van der Waals surface area contributed by atoms with Crippen LogP contribution < -0.4 is 0 Å². The highest BCUT2D eigenvalue weighted by Crippen LogP contribution is 2.14. The van der Waals surface area contributed by atoms with E-state index < -0.39 is 0 Å². The summed E-state index contributed by atoms with van der Waals surface area (Å²) >= 11 is 4.26. The van der Waals surface area contributed by atoms with Crippen LogP contribution in [0.1, 0.15) is 64.7 Å². The smallest absolute Gasteiger partial charge is 0.0220 e. The van der Waals surface area contributed by atoms with Crippen LogP contribution in [0.2, 0.25) is 0 Å². The van der Waals surface area contributed by atoms with Crippen molar-refractivity contribution < 1.29 is 0 Å². The first kappa shape index (κ1) is 18.3. The Morgan fingerprint density at radius 1 is 0.950 bits per heavy atom. The Labute approximate surface area is 132 Å². The first-order valence-corrected chi connectivity index (χ1v) is 9.44. The van der Waals surface area contributed by atoms with E-state index in [0.29, 0.717) is 0 Å². The third-order valence-corrected chi connectivity index (χ3v) is 4.91. The second-order valence-corrected chi connectivity index (χ2v) is 6.86. The van der Waals surface area contributed by atoms with Crippen molar-refractivity contribution in [1.29, 1.82) is 0 Å². The van der Waals surface area contributed by atoms with Gasteiger partial charge in [-0.2, -0.15) is 12.6 Å². The third kappa shape index (κ3) is 7.90. The van der Waals surface area contributed by atoms with Crippen molar-refractivity contribution in [3.63, 3.8) is 0 Å². The lowest BCUT2D eigenvalue weighted by Gasteiger charge is -2.30. The van der Waals surface area contributed by atoms with Crippen molar-refractivity contribution in [3.8, 4) is 0 Å². The summed E-state index contributed by atoms with van der Waals surface area (Å²) < 4.78 is 0. The summed E-state index contributed by atoms with van der Waals surface area (Å²) in [6, 6.07) is 0.790. The zero-order chi connectivity index (χ0) is 14.6. The summed E-state index contributed by atoms with van der Waals surface area (Å²) in [5, 5.41) is 0. The minimum absolute atomic E-state index is 0.790. The molecule has 0 N–H and O–H groups in total. The van der Waals surface area contributed by atoms with Crippen LogP contribution in [0.4, 0.5) is 0 Å². The van der Waals surface area contributed by atoms with Gasteiger partial charge < -0.3 is 4.90 Å². The molecule has 1 rings (SSSR count). The zero-order valence-corrected chi connectivity index (χ0v) is 14.7. The summed E-state index contributed by atoms with van der Waals surface area (Å²) in [4.78, 5) is 5.26. The fraction of sp³-hybridized carbons (Fsp3) is 1.00. The van der Waals surface area contributed by atoms with Gasteiger partial charge in [0.2, 0.25) is 0 Å². The van der Waals surface area contributed by atoms with Crippen LogP contribution in [0.15, 0.2) is 0 Å². The fourth-order valence-electron chi connectivity index (χ4n) is 3.29. The van der Waals surface area contributed by atoms with E-state index in [1.165, 1.54) is 84.0 Å². The molecule has 1 aliphatic rings. The highest BCUT2D eigenvalue weighted by Gasteiger charge is 2.20. The fourth-order valence-corrected chi connectivity index (χ4v) is 3.51. The van der Waals surface area contributed by atoms with Crippen molar-refractivity contribution in [2.45, 2.75) is 70.8 Å². The van der Waals surface area contributed by atoms with Gasteiger partial charge in [-0.25, -0.2) is 0 Å². The molecule has 2 nitrogen and oxygen atoms in total. The van der Waals surface area contributed by atoms with E-state index in [9.17, 15) is 0 Å². The normalized spacial score (nSPS) is 22.1. The Morgan fingerprint density at radius 3 is 2.25 bits per heavy atom. The first-order chi connectivity index (χ1) is 9.77. The first-order valence-electron chi connectivity index (χ1n) is 8.81. The lowest BCUT2D eigenvalue weighted by Crippen LogP contribution is -2.40. The van der Waals surface area contributed by atoms with Crippen molar-refractivity contribution in [2.75, 3.05) is 39.0 Å². The van der Waals surface area contributed by atoms with E-state index in [1.54, 1.807) is 0 Å². The highest BCUT2D eigenvalue weighted by molar-refractivity contribution is 7.80. The van der Waals surface area contributed by atoms with Crippen LogP contribution in [-0.2, 0) is 0 Å². The highest BCUT2D eigenvalue weighted by atomic mass is 32.1. The topological polar surface area (TPSA) is 6.48 Å². The molecular weight excluding hydrogens is 264 g/mol. The Morgan fingerprint density at radius 2 is 1.60 bits per heavy atom. The van der Waals surface area contributed by atoms with E-state index in [2.05, 4.69) is 36.4 Å². The molecule has 1 atom stereocenters. The quantitative estimate of drug-likeness (QED) is 0.480. The van der Waals surface area contributed by atoms with Gasteiger partial charge in [0.15, 0.2) is 0 Å². The lowest BCUT2D eigenvalue weighted by molar-refractivity contribution is 0.180. The molecule has 0 bridgehead atoms. The molecule has 0 aromatic carbocycles. The molecule has 0 amide bonds. The van der Waals surface area contributed by atoms with Crippen LogP contribution in [0.3, 0.4) is 0 Å². The summed E-state index contributed by atoms with van der Waals surface area (Å²) in [5.41, 5.74) is 0. The zero-order valence-electron chi connectivity index (χ0n) is 13.8. The van der Waals surface area contributed by atoms with Gasteiger partial charge >= 0.3 is 0 Å². The van der Waals surface area contributed by atoms with Gasteiger partial charge in [-0.05, 0) is 58.1 Å². The van der Waals surface area contributed by atoms with Crippen LogP contribution in [0, 0.1) is 0 Å². The van der Waals surface area contributed by atoms with Crippen molar-refractivity contribution in [2.24, 2.45) is 0 Å². The second-order valence-electron chi connectivity index (χ2n) is 6.41. The van der Waals surface area contributed by atoms with Crippen LogP contribution in [0.25, 0.3) is 0 Å². The van der Waals surface area contributed by atoms with Gasteiger partial charge in [0.25, 0.3) is 0 Å². The van der Waals surface area contributed by atoms with Crippen molar-refractivity contribution >= 4 is 12.6 Å². The van der Waals surface area contributed by atoms with E-state index in [-0.39, 0.29) is 0 Å². The van der Waals surface area contributed by atoms with E-state index >= 15 is 0 Å². The molecule has 0 aliphatic carbocycles. The monoisotopic (exact) mass is 300 g/mol. The number of thiol groups is 1. The molecule has 1 saturated heterocycles. The predicted molar refractivity (Wildman–Crippen MR) is 93.9 cm³/mol. The molecule has 0 aromatic rings. The van der Waals surface area contributed by atoms with Gasteiger partial charge in [-0.3, -0.25) is 4.90 Å². The predicted octanol–water partition coefficient (Wildman–Crippen LogP) is 4.06. The van der Waals surface area contributed by atoms with Crippen molar-refractivity contribution in [3.05, 3.63) is 0 Å². The molecule has 1 unspecified atom stereocenters. The maximum atomic E-state index is 4.26. The number of likely N-dealkylation sites (N-methyl/N-ethyl adjacent to an activating group) is 1. The molecule has 20 heavy (non-hydrogen) atoms. The maximum Gasteiger partial charge on any atom is 0.0220 e. The molecule has 0 aromatic heterocycles. The number of hydrogen-bond acceptors (Lipinski definition) is 3. The van der Waals surface area contributed by atoms with Gasteiger partial charge in [0, 0.05) is 12.6 Å². The number of unbranched alkanes of at least 4 members (excludes halogenated alkanes) is 6. The average Bonchev–Trinajstić information content (AvgIpc) is 2.63. The number of nitrogens with zero attached hydrogens (tertiary/aromatic N) is 2. The van der Waals surface area contributed by atoms with E-state index in [0.717, 1.165) is 11.8 Å². The lowest BCUT2D eigenvalue weighted by atomic mass is 10.1. The molecule has 3 heteroatoms. The van der Waals surface area contributed by atoms with Crippen molar-refractivity contribution in [1.82, 2.24) is 9.80 Å². The van der Waals surface area contributed by atoms with Crippen LogP contribution >= 0.6 is 12.6 Å². The van der Waals surface area contributed by atoms with E-state index in [4.69, 9.17) is 0 Å². The number of hydrogen-bond donors (Lipinski definition) is 1. The SMILES string of the molecule is CCC1CN(C)CCCN1CCCCCCCCCS. The molecule has 0 saturated carbocycles. The molecule has 0 spiro atoms. The summed E-state index contributed by atoms with van der Waals surface area (Å²) in [6.45, 7) is 7.52. The molecule has 1 fully saturated rings. The molecule has 1 heterocycles. The summed E-state index contributed by atoms with van der Waals surface area (Å²) in [6.07, 6.45) is 12.4. The van der Waals surface area contributed by atoms with E-state index in [1.807, 2.05) is 0 Å². The van der Waals surface area contributed by atoms with Gasteiger partial charge in [-0.15, -0.1) is 0 Å². The molecular formula is C17H36N2S. The summed E-state index contributed by atoms with van der Waals surface area (Å²) in [5.74, 6) is 1.06. The Hall–Kier alpha value is 0.270.